The fourth-order valence-corrected chi connectivity index (χ4v) is 7.82. The summed E-state index contributed by atoms with van der Waals surface area (Å²) < 4.78 is 20.4. The molecule has 3 saturated heterocycles. The van der Waals surface area contributed by atoms with E-state index < -0.39 is 5.82 Å². The van der Waals surface area contributed by atoms with Crippen LogP contribution in [-0.2, 0) is 0 Å². The van der Waals surface area contributed by atoms with Crippen LogP contribution in [0.2, 0.25) is 0 Å². The lowest BCUT2D eigenvalue weighted by atomic mass is 9.71. The summed E-state index contributed by atoms with van der Waals surface area (Å²) in [4.78, 5) is 24.3. The number of halogens is 1. The number of hydrogen-bond acceptors (Lipinski definition) is 9. The van der Waals surface area contributed by atoms with E-state index in [0.717, 1.165) is 57.8 Å². The van der Waals surface area contributed by atoms with Crippen LogP contribution < -0.4 is 15.0 Å². The van der Waals surface area contributed by atoms with Crippen molar-refractivity contribution in [2.75, 3.05) is 44.2 Å². The highest BCUT2D eigenvalue weighted by atomic mass is 19.1. The summed E-state index contributed by atoms with van der Waals surface area (Å²) in [5.74, 6) is 1.03. The zero-order chi connectivity index (χ0) is 30.2. The minimum Gasteiger partial charge on any atom is -0.434 e. The number of carbonyl (C=O) groups excluding carboxylic acids is 1. The van der Waals surface area contributed by atoms with Gasteiger partial charge in [0.2, 0.25) is 0 Å². The van der Waals surface area contributed by atoms with Crippen molar-refractivity contribution in [2.24, 2.45) is 11.3 Å². The average Bonchev–Trinajstić information content (AvgIpc) is 3.34. The van der Waals surface area contributed by atoms with Crippen LogP contribution in [0.4, 0.5) is 10.2 Å². The van der Waals surface area contributed by atoms with Crippen LogP contribution in [-0.4, -0.2) is 93.1 Å². The minimum atomic E-state index is -0.498. The second-order valence-electron chi connectivity index (χ2n) is 13.6. The quantitative estimate of drug-likeness (QED) is 0.464. The number of piperidine rings is 1. The van der Waals surface area contributed by atoms with Crippen molar-refractivity contribution in [1.29, 1.82) is 0 Å². The Hall–Kier alpha value is -2.89. The number of benzene rings is 1. The summed E-state index contributed by atoms with van der Waals surface area (Å²) in [6.07, 6.45) is 10.3. The summed E-state index contributed by atoms with van der Waals surface area (Å²) in [5.41, 5.74) is 0.604. The third-order valence-corrected chi connectivity index (χ3v) is 10.4. The van der Waals surface area contributed by atoms with Crippen LogP contribution in [0.15, 0.2) is 24.5 Å². The summed E-state index contributed by atoms with van der Waals surface area (Å²) in [7, 11) is 0. The topological polar surface area (TPSA) is 107 Å². The molecule has 234 valence electrons. The number of nitrogens with zero attached hydrogens (tertiary/aromatic N) is 6. The lowest BCUT2D eigenvalue weighted by Crippen LogP contribution is -2.61. The molecule has 0 radical (unpaired) electrons. The Balaban J connectivity index is 1.05. The molecule has 11 heteroatoms. The number of aliphatic hydroxyl groups excluding tert-OH is 1. The van der Waals surface area contributed by atoms with Crippen LogP contribution in [0.25, 0.3) is 0 Å². The molecule has 1 aromatic carbocycles. The molecule has 4 aliphatic rings. The van der Waals surface area contributed by atoms with Crippen molar-refractivity contribution in [3.8, 4) is 11.6 Å². The number of aliphatic hydroxyl groups is 1. The number of anilines is 1. The Kier molecular flexibility index (Phi) is 8.59. The van der Waals surface area contributed by atoms with Gasteiger partial charge in [-0.25, -0.2) is 9.37 Å². The first kappa shape index (κ1) is 30.1. The van der Waals surface area contributed by atoms with Gasteiger partial charge in [0, 0.05) is 43.2 Å². The van der Waals surface area contributed by atoms with Crippen LogP contribution in [0.5, 0.6) is 11.6 Å². The first-order chi connectivity index (χ1) is 20.7. The van der Waals surface area contributed by atoms with E-state index in [2.05, 4.69) is 30.3 Å². The van der Waals surface area contributed by atoms with Gasteiger partial charge in [-0.2, -0.15) is 0 Å². The van der Waals surface area contributed by atoms with Gasteiger partial charge < -0.3 is 24.5 Å². The molecule has 1 atom stereocenters. The molecule has 1 aliphatic carbocycles. The van der Waals surface area contributed by atoms with Gasteiger partial charge in [0.15, 0.2) is 5.82 Å². The van der Waals surface area contributed by atoms with Crippen molar-refractivity contribution in [2.45, 2.75) is 89.9 Å². The molecule has 0 bridgehead atoms. The number of hydrogen-bond donors (Lipinski definition) is 2. The van der Waals surface area contributed by atoms with E-state index in [-0.39, 0.29) is 46.3 Å². The Morgan fingerprint density at radius 2 is 1.88 bits per heavy atom. The fourth-order valence-electron chi connectivity index (χ4n) is 7.82. The van der Waals surface area contributed by atoms with Crippen LogP contribution in [0.1, 0.15) is 82.5 Å². The largest absolute Gasteiger partial charge is 0.434 e. The SMILES string of the molecule is CCN(C(=O)c1cc(F)ccc1Oc1nncnc1N1CC2(CCN(CC3CCC4(CC3)CCC(O)N4)CC2)C1)C(C)C. The molecule has 10 nitrogen and oxygen atoms in total. The maximum Gasteiger partial charge on any atom is 0.282 e. The fraction of sp³-hybridized carbons (Fsp3) is 0.688. The summed E-state index contributed by atoms with van der Waals surface area (Å²) >= 11 is 0. The third-order valence-electron chi connectivity index (χ3n) is 10.4. The lowest BCUT2D eigenvalue weighted by molar-refractivity contribution is 0.0556. The number of ether oxygens (including phenoxy) is 1. The molecule has 1 aromatic heterocycles. The molecular weight excluding hydrogens is 549 g/mol. The Bertz CT molecular complexity index is 1290. The van der Waals surface area contributed by atoms with Gasteiger partial charge in [0.05, 0.1) is 5.56 Å². The van der Waals surface area contributed by atoms with E-state index in [0.29, 0.717) is 12.4 Å². The first-order valence-corrected chi connectivity index (χ1v) is 16.1. The van der Waals surface area contributed by atoms with Gasteiger partial charge in [-0.1, -0.05) is 0 Å². The van der Waals surface area contributed by atoms with Crippen molar-refractivity contribution in [1.82, 2.24) is 30.3 Å². The Labute approximate surface area is 254 Å². The molecule has 4 fully saturated rings. The van der Waals surface area contributed by atoms with Crippen LogP contribution in [0, 0.1) is 17.2 Å². The van der Waals surface area contributed by atoms with Gasteiger partial charge in [-0.05, 0) is 109 Å². The molecule has 4 heterocycles. The molecule has 1 saturated carbocycles. The highest BCUT2D eigenvalue weighted by molar-refractivity contribution is 5.97. The molecule has 2 spiro atoms. The molecule has 43 heavy (non-hydrogen) atoms. The van der Waals surface area contributed by atoms with Crippen LogP contribution >= 0.6 is 0 Å². The smallest absolute Gasteiger partial charge is 0.282 e. The van der Waals surface area contributed by atoms with E-state index in [1.807, 2.05) is 20.8 Å². The number of amides is 1. The van der Waals surface area contributed by atoms with Gasteiger partial charge in [-0.15, -0.1) is 10.2 Å². The van der Waals surface area contributed by atoms with E-state index in [9.17, 15) is 14.3 Å². The normalized spacial score (nSPS) is 27.1. The van der Waals surface area contributed by atoms with Crippen molar-refractivity contribution < 1.29 is 19.0 Å². The van der Waals surface area contributed by atoms with Gasteiger partial charge in [-0.3, -0.25) is 10.1 Å². The Morgan fingerprint density at radius 1 is 1.16 bits per heavy atom. The average molecular weight is 596 g/mol. The zero-order valence-corrected chi connectivity index (χ0v) is 25.8. The predicted octanol–water partition coefficient (Wildman–Crippen LogP) is 4.21. The number of likely N-dealkylation sites (tertiary alicyclic amines) is 1. The number of carbonyl (C=O) groups is 1. The third kappa shape index (κ3) is 6.35. The standard InChI is InChI=1S/C32H46FN7O3/c1-4-40(22(2)3)30(42)25-17-24(33)5-6-26(25)43-29-28(34-21-35-37-29)39-19-31(20-39)13-15-38(16-14-31)18-23-7-10-32(11-8-23)12-9-27(41)36-32/h5-6,17,21-23,27,36,41H,4,7-16,18-20H2,1-3H3. The Morgan fingerprint density at radius 3 is 2.53 bits per heavy atom. The second kappa shape index (κ2) is 12.2. The molecule has 3 aliphatic heterocycles. The van der Waals surface area contributed by atoms with Crippen molar-refractivity contribution in [3.05, 3.63) is 35.9 Å². The maximum absolute atomic E-state index is 14.2. The summed E-state index contributed by atoms with van der Waals surface area (Å²) in [6.45, 7) is 11.4. The van der Waals surface area contributed by atoms with Crippen molar-refractivity contribution in [3.63, 3.8) is 0 Å². The summed E-state index contributed by atoms with van der Waals surface area (Å²) in [6, 6.07) is 3.95. The second-order valence-corrected chi connectivity index (χ2v) is 13.6. The van der Waals surface area contributed by atoms with Crippen molar-refractivity contribution >= 4 is 11.7 Å². The molecule has 2 aromatic rings. The van der Waals surface area contributed by atoms with E-state index in [4.69, 9.17) is 4.74 Å². The molecule has 2 N–H and O–H groups in total. The predicted molar refractivity (Wildman–Crippen MR) is 162 cm³/mol. The molecular formula is C32H46FN7O3. The first-order valence-electron chi connectivity index (χ1n) is 16.1. The van der Waals surface area contributed by atoms with Gasteiger partial charge >= 0.3 is 0 Å². The number of aromatic nitrogens is 3. The van der Waals surface area contributed by atoms with E-state index in [1.54, 1.807) is 4.90 Å². The maximum atomic E-state index is 14.2. The van der Waals surface area contributed by atoms with Crippen LogP contribution in [0.3, 0.4) is 0 Å². The zero-order valence-electron chi connectivity index (χ0n) is 25.8. The van der Waals surface area contributed by atoms with E-state index in [1.165, 1.54) is 56.8 Å². The highest BCUT2D eigenvalue weighted by Gasteiger charge is 2.47. The van der Waals surface area contributed by atoms with Gasteiger partial charge in [0.1, 0.15) is 24.1 Å². The summed E-state index contributed by atoms with van der Waals surface area (Å²) in [5, 5.41) is 21.6. The molecule has 1 amide bonds. The molecule has 6 rings (SSSR count). The highest BCUT2D eigenvalue weighted by Crippen LogP contribution is 2.45. The van der Waals surface area contributed by atoms with Gasteiger partial charge in [0.25, 0.3) is 11.8 Å². The van der Waals surface area contributed by atoms with E-state index >= 15 is 0 Å². The minimum absolute atomic E-state index is 0.0370. The monoisotopic (exact) mass is 595 g/mol. The number of rotatable bonds is 8. The number of nitrogens with one attached hydrogen (secondary N) is 1. The lowest BCUT2D eigenvalue weighted by Gasteiger charge is -2.54. The molecule has 1 unspecified atom stereocenters.